The van der Waals surface area contributed by atoms with Gasteiger partial charge in [0, 0.05) is 30.9 Å². The van der Waals surface area contributed by atoms with Gasteiger partial charge >= 0.3 is 0 Å². The molecule has 0 radical (unpaired) electrons. The molecule has 0 fully saturated rings. The van der Waals surface area contributed by atoms with Crippen LogP contribution < -0.4 is 16.1 Å². The molecule has 7 nitrogen and oxygen atoms in total. The summed E-state index contributed by atoms with van der Waals surface area (Å²) < 4.78 is 1.45. The quantitative estimate of drug-likeness (QED) is 0.635. The first-order chi connectivity index (χ1) is 11.2. The second kappa shape index (κ2) is 7.12. The predicted octanol–water partition coefficient (Wildman–Crippen LogP) is 2.09. The van der Waals surface area contributed by atoms with E-state index in [2.05, 4.69) is 15.5 Å². The number of nitrogens with zero attached hydrogens (tertiary/aromatic N) is 4. The van der Waals surface area contributed by atoms with Gasteiger partial charge in [-0.25, -0.2) is 4.68 Å². The van der Waals surface area contributed by atoms with Crippen LogP contribution in [0.25, 0.3) is 0 Å². The van der Waals surface area contributed by atoms with Crippen molar-refractivity contribution in [2.24, 2.45) is 0 Å². The van der Waals surface area contributed by atoms with E-state index >= 15 is 0 Å². The zero-order valence-corrected chi connectivity index (χ0v) is 15.5. The number of aromatic nitrogens is 3. The standard InChI is InChI=1S/C16H24N6OS/c1-16(2,3)14-19-20-15(22(14)17)24-10-13(23)18-11-6-8-12(9-7-11)21(4)5/h6-9H,10,17H2,1-5H3,(H,18,23). The normalized spacial score (nSPS) is 11.4. The van der Waals surface area contributed by atoms with Crippen LogP contribution in [0.5, 0.6) is 0 Å². The fraction of sp³-hybridized carbons (Fsp3) is 0.438. The Morgan fingerprint density at radius 2 is 1.88 bits per heavy atom. The van der Waals surface area contributed by atoms with Crippen LogP contribution in [0.1, 0.15) is 26.6 Å². The number of nitrogen functional groups attached to an aromatic ring is 1. The molecule has 24 heavy (non-hydrogen) atoms. The van der Waals surface area contributed by atoms with Crippen LogP contribution >= 0.6 is 11.8 Å². The number of carbonyl (C=O) groups excluding carboxylic acids is 1. The lowest BCUT2D eigenvalue weighted by atomic mass is 9.96. The Morgan fingerprint density at radius 1 is 1.25 bits per heavy atom. The van der Waals surface area contributed by atoms with E-state index in [1.807, 2.05) is 64.0 Å². The molecule has 1 heterocycles. The van der Waals surface area contributed by atoms with Gasteiger partial charge in [-0.15, -0.1) is 10.2 Å². The number of thioether (sulfide) groups is 1. The van der Waals surface area contributed by atoms with Crippen molar-refractivity contribution >= 4 is 29.0 Å². The summed E-state index contributed by atoms with van der Waals surface area (Å²) >= 11 is 1.26. The topological polar surface area (TPSA) is 89.1 Å². The number of carbonyl (C=O) groups is 1. The summed E-state index contributed by atoms with van der Waals surface area (Å²) in [5, 5.41) is 11.5. The number of rotatable bonds is 5. The van der Waals surface area contributed by atoms with Gasteiger partial charge < -0.3 is 16.1 Å². The third-order valence-corrected chi connectivity index (χ3v) is 4.28. The van der Waals surface area contributed by atoms with Crippen LogP contribution in [-0.4, -0.2) is 40.6 Å². The molecule has 0 spiro atoms. The van der Waals surface area contributed by atoms with E-state index in [1.54, 1.807) is 0 Å². The molecule has 0 bridgehead atoms. The molecule has 2 rings (SSSR count). The summed E-state index contributed by atoms with van der Waals surface area (Å²) in [4.78, 5) is 14.1. The molecule has 1 aromatic heterocycles. The number of hydrogen-bond acceptors (Lipinski definition) is 6. The van der Waals surface area contributed by atoms with E-state index in [-0.39, 0.29) is 17.1 Å². The molecular weight excluding hydrogens is 324 g/mol. The minimum atomic E-state index is -0.197. The predicted molar refractivity (Wildman–Crippen MR) is 99.0 cm³/mol. The fourth-order valence-corrected chi connectivity index (χ4v) is 2.71. The number of anilines is 2. The average Bonchev–Trinajstić information content (AvgIpc) is 2.86. The smallest absolute Gasteiger partial charge is 0.234 e. The Kier molecular flexibility index (Phi) is 5.38. The first-order valence-corrected chi connectivity index (χ1v) is 8.58. The molecule has 1 amide bonds. The summed E-state index contributed by atoms with van der Waals surface area (Å²) in [6.45, 7) is 6.04. The van der Waals surface area contributed by atoms with Crippen LogP contribution in [0, 0.1) is 0 Å². The van der Waals surface area contributed by atoms with Crippen molar-refractivity contribution in [3.05, 3.63) is 30.1 Å². The first-order valence-electron chi connectivity index (χ1n) is 7.59. The van der Waals surface area contributed by atoms with E-state index in [0.29, 0.717) is 11.0 Å². The van der Waals surface area contributed by atoms with Gasteiger partial charge in [0.1, 0.15) is 0 Å². The van der Waals surface area contributed by atoms with Gasteiger partial charge in [0.25, 0.3) is 0 Å². The molecule has 8 heteroatoms. The third-order valence-electron chi connectivity index (χ3n) is 3.34. The highest BCUT2D eigenvalue weighted by Gasteiger charge is 2.23. The minimum absolute atomic E-state index is 0.113. The van der Waals surface area contributed by atoms with E-state index in [9.17, 15) is 4.79 Å². The molecule has 2 aromatic rings. The molecule has 0 aliphatic rings. The molecule has 0 aliphatic heterocycles. The monoisotopic (exact) mass is 348 g/mol. The van der Waals surface area contributed by atoms with Gasteiger partial charge in [0.15, 0.2) is 5.82 Å². The molecule has 0 saturated carbocycles. The molecule has 0 saturated heterocycles. The van der Waals surface area contributed by atoms with Gasteiger partial charge in [0.05, 0.1) is 5.75 Å². The second-order valence-corrected chi connectivity index (χ2v) is 7.65. The van der Waals surface area contributed by atoms with Crippen molar-refractivity contribution in [3.8, 4) is 0 Å². The van der Waals surface area contributed by atoms with Gasteiger partial charge in [-0.2, -0.15) is 0 Å². The summed E-state index contributed by atoms with van der Waals surface area (Å²) in [6.07, 6.45) is 0. The van der Waals surface area contributed by atoms with E-state index in [4.69, 9.17) is 5.84 Å². The van der Waals surface area contributed by atoms with E-state index < -0.39 is 0 Å². The summed E-state index contributed by atoms with van der Waals surface area (Å²) in [5.74, 6) is 6.80. The first kappa shape index (κ1) is 18.1. The maximum Gasteiger partial charge on any atom is 0.234 e. The van der Waals surface area contributed by atoms with E-state index in [1.165, 1.54) is 16.4 Å². The van der Waals surface area contributed by atoms with Crippen molar-refractivity contribution < 1.29 is 4.79 Å². The third kappa shape index (κ3) is 4.41. The number of benzene rings is 1. The highest BCUT2D eigenvalue weighted by Crippen LogP contribution is 2.23. The summed E-state index contributed by atoms with van der Waals surface area (Å²) in [5.41, 5.74) is 1.64. The Hall–Kier alpha value is -2.22. The molecule has 0 atom stereocenters. The van der Waals surface area contributed by atoms with Crippen LogP contribution in [0.2, 0.25) is 0 Å². The van der Waals surface area contributed by atoms with E-state index in [0.717, 1.165) is 11.4 Å². The van der Waals surface area contributed by atoms with Crippen LogP contribution in [0.15, 0.2) is 29.4 Å². The summed E-state index contributed by atoms with van der Waals surface area (Å²) in [7, 11) is 3.94. The Bertz CT molecular complexity index is 702. The Balaban J connectivity index is 1.93. The van der Waals surface area contributed by atoms with Gasteiger partial charge in [-0.3, -0.25) is 4.79 Å². The lowest BCUT2D eigenvalue weighted by Crippen LogP contribution is -2.24. The van der Waals surface area contributed by atoms with Crippen LogP contribution in [0.4, 0.5) is 11.4 Å². The second-order valence-electron chi connectivity index (χ2n) is 6.70. The Labute approximate surface area is 146 Å². The van der Waals surface area contributed by atoms with Crippen molar-refractivity contribution in [2.75, 3.05) is 35.9 Å². The maximum atomic E-state index is 12.1. The van der Waals surface area contributed by atoms with Gasteiger partial charge in [-0.1, -0.05) is 32.5 Å². The zero-order valence-electron chi connectivity index (χ0n) is 14.7. The minimum Gasteiger partial charge on any atom is -0.378 e. The van der Waals surface area contributed by atoms with Gasteiger partial charge in [0.2, 0.25) is 11.1 Å². The molecule has 1 aromatic carbocycles. The SMILES string of the molecule is CN(C)c1ccc(NC(=O)CSc2nnc(C(C)(C)C)n2N)cc1. The fourth-order valence-electron chi connectivity index (χ4n) is 2.06. The highest BCUT2D eigenvalue weighted by atomic mass is 32.2. The molecule has 0 aliphatic carbocycles. The Morgan fingerprint density at radius 3 is 2.38 bits per heavy atom. The maximum absolute atomic E-state index is 12.1. The highest BCUT2D eigenvalue weighted by molar-refractivity contribution is 7.99. The molecule has 130 valence electrons. The number of nitrogens with one attached hydrogen (secondary N) is 1. The molecule has 3 N–H and O–H groups in total. The zero-order chi connectivity index (χ0) is 17.9. The van der Waals surface area contributed by atoms with Gasteiger partial charge in [-0.05, 0) is 24.3 Å². The number of nitrogens with two attached hydrogens (primary N) is 1. The molecular formula is C16H24N6OS. The number of hydrogen-bond donors (Lipinski definition) is 2. The van der Waals surface area contributed by atoms with Crippen molar-refractivity contribution in [1.29, 1.82) is 0 Å². The van der Waals surface area contributed by atoms with Crippen LogP contribution in [0.3, 0.4) is 0 Å². The van der Waals surface area contributed by atoms with Crippen LogP contribution in [-0.2, 0) is 10.2 Å². The van der Waals surface area contributed by atoms with Crippen molar-refractivity contribution in [1.82, 2.24) is 14.9 Å². The summed E-state index contributed by atoms with van der Waals surface area (Å²) in [6, 6.07) is 7.66. The largest absolute Gasteiger partial charge is 0.378 e. The molecule has 0 unspecified atom stereocenters. The lowest BCUT2D eigenvalue weighted by Gasteiger charge is -2.16. The average molecular weight is 348 g/mol. The lowest BCUT2D eigenvalue weighted by molar-refractivity contribution is -0.113. The van der Waals surface area contributed by atoms with Crippen molar-refractivity contribution in [2.45, 2.75) is 31.3 Å². The van der Waals surface area contributed by atoms with Crippen molar-refractivity contribution in [3.63, 3.8) is 0 Å². The number of amides is 1.